The average molecular weight is 583 g/mol. The maximum atomic E-state index is 14.2. The van der Waals surface area contributed by atoms with Crippen LogP contribution in [0.3, 0.4) is 0 Å². The standard InChI is InChI=1S/C30H37N4O6S/c1-17-22(28(30(37)38)32-27(17)25(18(2)35)29(32)36)15-31-23-7-5-6-21-20-8-9-34(12-10-33(3,4)11-13-34)16-19(20)14-24(26(21)23)41(31,39)40/h5-7,14,17-18,25,27,35H,8-13,15-16H2,1-4H3/q+1/p+1/t17-,18+,25+,27+/m0/s1. The molecule has 7 rings (SSSR count). The van der Waals surface area contributed by atoms with Gasteiger partial charge in [-0.2, -0.15) is 0 Å². The Bertz CT molecular complexity index is 1670. The summed E-state index contributed by atoms with van der Waals surface area (Å²) in [5.41, 5.74) is 3.13. The van der Waals surface area contributed by atoms with Crippen LogP contribution < -0.4 is 4.31 Å². The molecule has 2 N–H and O–H groups in total. The zero-order chi connectivity index (χ0) is 29.2. The summed E-state index contributed by atoms with van der Waals surface area (Å²) in [4.78, 5) is 26.8. The van der Waals surface area contributed by atoms with E-state index in [1.54, 1.807) is 6.07 Å². The fourth-order valence-electron chi connectivity index (χ4n) is 8.18. The summed E-state index contributed by atoms with van der Waals surface area (Å²) in [6.45, 7) is 9.42. The highest BCUT2D eigenvalue weighted by molar-refractivity contribution is 7.93. The Kier molecular flexibility index (Phi) is 5.59. The highest BCUT2D eigenvalue weighted by Gasteiger charge is 2.60. The van der Waals surface area contributed by atoms with Gasteiger partial charge in [0.1, 0.15) is 38.4 Å². The number of carbonyl (C=O) groups excluding carboxylic acids is 1. The minimum atomic E-state index is -3.97. The van der Waals surface area contributed by atoms with Gasteiger partial charge in [0, 0.05) is 23.3 Å². The molecular weight excluding hydrogens is 544 g/mol. The van der Waals surface area contributed by atoms with Crippen LogP contribution in [0.1, 0.15) is 25.0 Å². The Balaban J connectivity index is 1.29. The predicted molar refractivity (Wildman–Crippen MR) is 152 cm³/mol. The molecule has 1 amide bonds. The van der Waals surface area contributed by atoms with Gasteiger partial charge in [-0.3, -0.25) is 9.10 Å². The van der Waals surface area contributed by atoms with Crippen molar-refractivity contribution in [3.8, 4) is 0 Å². The number of aliphatic hydroxyl groups is 1. The molecule has 0 aliphatic carbocycles. The van der Waals surface area contributed by atoms with Crippen molar-refractivity contribution >= 4 is 38.4 Å². The lowest BCUT2D eigenvalue weighted by molar-refractivity contribution is -1.02. The van der Waals surface area contributed by atoms with Crippen molar-refractivity contribution in [1.82, 2.24) is 4.90 Å². The molecule has 2 aromatic carbocycles. The number of carboxylic acid groups (broad SMARTS) is 1. The van der Waals surface area contributed by atoms with E-state index in [-0.39, 0.29) is 12.2 Å². The van der Waals surface area contributed by atoms with Crippen molar-refractivity contribution in [2.75, 3.05) is 57.7 Å². The van der Waals surface area contributed by atoms with Gasteiger partial charge in [-0.1, -0.05) is 19.1 Å². The molecule has 1 spiro atoms. The fraction of sp³-hybridized carbons (Fsp3) is 0.533. The zero-order valence-electron chi connectivity index (χ0n) is 24.0. The molecular formula is C30H38N4O6S+2. The third-order valence-corrected chi connectivity index (χ3v) is 12.5. The normalized spacial score (nSPS) is 29.5. The molecule has 10 nitrogen and oxygen atoms in total. The van der Waals surface area contributed by atoms with Gasteiger partial charge in [-0.15, -0.1) is 0 Å². The number of piperazine rings is 1. The lowest BCUT2D eigenvalue weighted by atomic mass is 9.78. The molecule has 0 aromatic heterocycles. The largest absolute Gasteiger partial charge is 0.477 e. The molecule has 2 saturated heterocycles. The van der Waals surface area contributed by atoms with Crippen molar-refractivity contribution in [2.24, 2.45) is 11.8 Å². The minimum Gasteiger partial charge on any atom is -0.477 e. The van der Waals surface area contributed by atoms with E-state index in [2.05, 4.69) is 14.1 Å². The predicted octanol–water partition coefficient (Wildman–Crippen LogP) is 1.51. The number of nitrogens with zero attached hydrogens (tertiary/aromatic N) is 4. The van der Waals surface area contributed by atoms with E-state index in [1.807, 2.05) is 25.1 Å². The molecule has 4 atom stereocenters. The molecule has 41 heavy (non-hydrogen) atoms. The molecule has 0 saturated carbocycles. The van der Waals surface area contributed by atoms with Crippen molar-refractivity contribution < 1.29 is 37.2 Å². The third-order valence-electron chi connectivity index (χ3n) is 10.7. The summed E-state index contributed by atoms with van der Waals surface area (Å²) >= 11 is 0. The van der Waals surface area contributed by atoms with Crippen LogP contribution in [-0.4, -0.2) is 110 Å². The number of amides is 1. The number of β-lactam (4-membered cyclic amide) rings is 1. The number of hydrogen-bond donors (Lipinski definition) is 2. The van der Waals surface area contributed by atoms with Crippen LogP contribution in [0.15, 0.2) is 40.4 Å². The monoisotopic (exact) mass is 582 g/mol. The third kappa shape index (κ3) is 3.62. The number of carbonyl (C=O) groups is 2. The van der Waals surface area contributed by atoms with Crippen LogP contribution in [-0.2, 0) is 32.6 Å². The lowest BCUT2D eigenvalue weighted by Gasteiger charge is -2.48. The van der Waals surface area contributed by atoms with Gasteiger partial charge in [0.25, 0.3) is 10.0 Å². The number of hydrogen-bond acceptors (Lipinski definition) is 5. The second-order valence-corrected chi connectivity index (χ2v) is 15.3. The number of likely N-dealkylation sites (N-methyl/N-ethyl adjacent to an activating group) is 1. The number of benzene rings is 2. The molecule has 5 heterocycles. The first kappa shape index (κ1) is 26.9. The number of anilines is 1. The van der Waals surface area contributed by atoms with Crippen LogP contribution >= 0.6 is 0 Å². The SMILES string of the molecule is C[C@@H](O)[C@H]1C(=O)N2C(C(=O)O)=C(CN3c4cccc5c6c(cc(c45)S3(=O)=O)C[N+]3(CC6)CC[N+](C)(C)CC3)[C@H](C)[C@H]12. The highest BCUT2D eigenvalue weighted by Crippen LogP contribution is 2.50. The molecule has 2 aromatic rings. The van der Waals surface area contributed by atoms with Gasteiger partial charge < -0.3 is 24.1 Å². The quantitative estimate of drug-likeness (QED) is 0.417. The van der Waals surface area contributed by atoms with E-state index >= 15 is 0 Å². The number of sulfonamides is 1. The molecule has 0 unspecified atom stereocenters. The molecule has 5 aliphatic heterocycles. The average Bonchev–Trinajstić information content (AvgIpc) is 3.27. The zero-order valence-corrected chi connectivity index (χ0v) is 24.8. The summed E-state index contributed by atoms with van der Waals surface area (Å²) in [7, 11) is 0.568. The van der Waals surface area contributed by atoms with Crippen LogP contribution in [0.4, 0.5) is 5.69 Å². The Morgan fingerprint density at radius 1 is 1.15 bits per heavy atom. The van der Waals surface area contributed by atoms with Gasteiger partial charge >= 0.3 is 5.97 Å². The van der Waals surface area contributed by atoms with E-state index in [0.717, 1.165) is 65.6 Å². The van der Waals surface area contributed by atoms with E-state index in [1.165, 1.54) is 21.7 Å². The second-order valence-electron chi connectivity index (χ2n) is 13.5. The topological polar surface area (TPSA) is 115 Å². The van der Waals surface area contributed by atoms with E-state index in [9.17, 15) is 28.2 Å². The number of rotatable bonds is 4. The Morgan fingerprint density at radius 2 is 1.85 bits per heavy atom. The molecule has 218 valence electrons. The van der Waals surface area contributed by atoms with E-state index in [0.29, 0.717) is 21.5 Å². The number of aliphatic hydroxyl groups excluding tert-OH is 1. The van der Waals surface area contributed by atoms with Gasteiger partial charge in [-0.05, 0) is 35.6 Å². The van der Waals surface area contributed by atoms with Crippen LogP contribution in [0, 0.1) is 11.8 Å². The van der Waals surface area contributed by atoms with Crippen molar-refractivity contribution in [3.05, 3.63) is 46.7 Å². The molecule has 5 aliphatic rings. The first-order valence-corrected chi connectivity index (χ1v) is 16.0. The Labute approximate surface area is 240 Å². The molecule has 2 fully saturated rings. The van der Waals surface area contributed by atoms with Gasteiger partial charge in [0.2, 0.25) is 5.91 Å². The van der Waals surface area contributed by atoms with Crippen LogP contribution in [0.5, 0.6) is 0 Å². The summed E-state index contributed by atoms with van der Waals surface area (Å²) in [6.07, 6.45) is -0.0234. The minimum absolute atomic E-state index is 0.149. The van der Waals surface area contributed by atoms with Gasteiger partial charge in [-0.25, -0.2) is 13.2 Å². The first-order chi connectivity index (χ1) is 19.3. The molecule has 0 radical (unpaired) electrons. The number of fused-ring (bicyclic) bond motifs is 3. The summed E-state index contributed by atoms with van der Waals surface area (Å²) < 4.78 is 31.8. The first-order valence-electron chi connectivity index (χ1n) is 14.5. The Hall–Kier alpha value is -2.99. The number of aliphatic carboxylic acids is 1. The summed E-state index contributed by atoms with van der Waals surface area (Å²) in [6, 6.07) is 7.09. The van der Waals surface area contributed by atoms with Crippen molar-refractivity contribution in [1.29, 1.82) is 0 Å². The van der Waals surface area contributed by atoms with Crippen LogP contribution in [0.2, 0.25) is 0 Å². The lowest BCUT2D eigenvalue weighted by Crippen LogP contribution is -2.65. The fourth-order valence-corrected chi connectivity index (χ4v) is 9.90. The highest BCUT2D eigenvalue weighted by atomic mass is 32.2. The molecule has 0 bridgehead atoms. The van der Waals surface area contributed by atoms with E-state index in [4.69, 9.17) is 0 Å². The van der Waals surface area contributed by atoms with E-state index < -0.39 is 45.9 Å². The summed E-state index contributed by atoms with van der Waals surface area (Å²) in [5, 5.41) is 22.0. The van der Waals surface area contributed by atoms with Crippen molar-refractivity contribution in [2.45, 2.75) is 43.9 Å². The summed E-state index contributed by atoms with van der Waals surface area (Å²) in [5.74, 6) is -2.79. The Morgan fingerprint density at radius 3 is 2.51 bits per heavy atom. The maximum absolute atomic E-state index is 14.2. The maximum Gasteiger partial charge on any atom is 0.352 e. The number of quaternary nitrogens is 2. The van der Waals surface area contributed by atoms with Gasteiger partial charge in [0.15, 0.2) is 0 Å². The molecule has 11 heteroatoms. The van der Waals surface area contributed by atoms with Crippen molar-refractivity contribution in [3.63, 3.8) is 0 Å². The van der Waals surface area contributed by atoms with Crippen LogP contribution in [0.25, 0.3) is 10.8 Å². The number of carboxylic acids is 1. The van der Waals surface area contributed by atoms with Gasteiger partial charge in [0.05, 0.1) is 55.8 Å². The second kappa shape index (κ2) is 8.53. The smallest absolute Gasteiger partial charge is 0.352 e.